The molecular formula is C16H22N4O2S. The lowest BCUT2D eigenvalue weighted by atomic mass is 10.1. The zero-order valence-corrected chi connectivity index (χ0v) is 14.2. The molecule has 1 amide bonds. The van der Waals surface area contributed by atoms with E-state index in [0.29, 0.717) is 6.54 Å². The summed E-state index contributed by atoms with van der Waals surface area (Å²) in [4.78, 5) is 22.3. The number of aromatic nitrogens is 2. The smallest absolute Gasteiger partial charge is 0.251 e. The molecule has 0 aliphatic carbocycles. The number of carbonyl (C=O) groups is 1. The van der Waals surface area contributed by atoms with Crippen molar-refractivity contribution in [2.45, 2.75) is 31.1 Å². The molecule has 3 heterocycles. The molecule has 0 spiro atoms. The van der Waals surface area contributed by atoms with Gasteiger partial charge in [0.15, 0.2) is 0 Å². The van der Waals surface area contributed by atoms with Crippen LogP contribution in [0.5, 0.6) is 0 Å². The van der Waals surface area contributed by atoms with E-state index in [2.05, 4.69) is 26.7 Å². The second-order valence-electron chi connectivity index (χ2n) is 5.89. The van der Waals surface area contributed by atoms with Crippen molar-refractivity contribution < 1.29 is 9.53 Å². The first-order chi connectivity index (χ1) is 11.1. The molecule has 0 bridgehead atoms. The molecule has 0 radical (unpaired) electrons. The van der Waals surface area contributed by atoms with Crippen LogP contribution in [-0.4, -0.2) is 53.6 Å². The SMILES string of the molecule is CN(C)C(=O)C1CCC(CNC(c2ncc[nH]2)c2cccs2)O1. The van der Waals surface area contributed by atoms with Crippen LogP contribution in [-0.2, 0) is 9.53 Å². The third kappa shape index (κ3) is 3.80. The number of thiophene rings is 1. The fourth-order valence-corrected chi connectivity index (χ4v) is 3.60. The van der Waals surface area contributed by atoms with Gasteiger partial charge in [0, 0.05) is 37.9 Å². The van der Waals surface area contributed by atoms with Crippen molar-refractivity contribution in [3.63, 3.8) is 0 Å². The minimum absolute atomic E-state index is 0.0252. The van der Waals surface area contributed by atoms with E-state index in [1.807, 2.05) is 12.3 Å². The molecule has 2 N–H and O–H groups in total. The van der Waals surface area contributed by atoms with Crippen molar-refractivity contribution in [1.29, 1.82) is 0 Å². The molecule has 0 aromatic carbocycles. The molecule has 0 saturated carbocycles. The first-order valence-corrected chi connectivity index (χ1v) is 8.66. The van der Waals surface area contributed by atoms with Crippen LogP contribution in [0.4, 0.5) is 0 Å². The predicted octanol–water partition coefficient (Wildman–Crippen LogP) is 1.79. The highest BCUT2D eigenvalue weighted by Gasteiger charge is 2.32. The van der Waals surface area contributed by atoms with Crippen LogP contribution in [0.2, 0.25) is 0 Å². The molecule has 3 atom stereocenters. The largest absolute Gasteiger partial charge is 0.364 e. The summed E-state index contributed by atoms with van der Waals surface area (Å²) in [5.41, 5.74) is 0. The summed E-state index contributed by atoms with van der Waals surface area (Å²) in [6.07, 6.45) is 5.02. The third-order valence-corrected chi connectivity index (χ3v) is 4.93. The lowest BCUT2D eigenvalue weighted by Gasteiger charge is -2.20. The maximum absolute atomic E-state index is 12.0. The summed E-state index contributed by atoms with van der Waals surface area (Å²) in [5, 5.41) is 5.58. The lowest BCUT2D eigenvalue weighted by molar-refractivity contribution is -0.140. The third-order valence-electron chi connectivity index (χ3n) is 3.99. The van der Waals surface area contributed by atoms with E-state index < -0.39 is 0 Å². The minimum Gasteiger partial charge on any atom is -0.364 e. The normalized spacial score (nSPS) is 22.2. The van der Waals surface area contributed by atoms with Gasteiger partial charge in [-0.25, -0.2) is 4.98 Å². The second kappa shape index (κ2) is 7.25. The Balaban J connectivity index is 1.59. The summed E-state index contributed by atoms with van der Waals surface area (Å²) in [6.45, 7) is 0.695. The Hall–Kier alpha value is -1.70. The summed E-state index contributed by atoms with van der Waals surface area (Å²) in [5.74, 6) is 0.944. The molecule has 7 heteroatoms. The Kier molecular flexibility index (Phi) is 5.09. The molecule has 2 aromatic heterocycles. The van der Waals surface area contributed by atoms with Gasteiger partial charge in [0.05, 0.1) is 6.10 Å². The Morgan fingerprint density at radius 1 is 1.57 bits per heavy atom. The van der Waals surface area contributed by atoms with Gasteiger partial charge in [-0.3, -0.25) is 4.79 Å². The van der Waals surface area contributed by atoms with Crippen LogP contribution in [0.1, 0.15) is 29.6 Å². The molecule has 1 fully saturated rings. The molecule has 124 valence electrons. The van der Waals surface area contributed by atoms with Gasteiger partial charge in [-0.1, -0.05) is 6.07 Å². The molecule has 1 saturated heterocycles. The number of hydrogen-bond donors (Lipinski definition) is 2. The van der Waals surface area contributed by atoms with Gasteiger partial charge in [-0.2, -0.15) is 0 Å². The van der Waals surface area contributed by atoms with Crippen LogP contribution >= 0.6 is 11.3 Å². The zero-order chi connectivity index (χ0) is 16.2. The van der Waals surface area contributed by atoms with E-state index in [4.69, 9.17) is 4.74 Å². The Morgan fingerprint density at radius 3 is 3.09 bits per heavy atom. The van der Waals surface area contributed by atoms with Crippen molar-refractivity contribution in [3.05, 3.63) is 40.6 Å². The van der Waals surface area contributed by atoms with Crippen LogP contribution in [0.3, 0.4) is 0 Å². The van der Waals surface area contributed by atoms with Crippen molar-refractivity contribution >= 4 is 17.2 Å². The minimum atomic E-state index is -0.305. The number of H-pyrrole nitrogens is 1. The van der Waals surface area contributed by atoms with Crippen molar-refractivity contribution in [2.75, 3.05) is 20.6 Å². The van der Waals surface area contributed by atoms with Crippen LogP contribution < -0.4 is 5.32 Å². The first kappa shape index (κ1) is 16.2. The number of likely N-dealkylation sites (N-methyl/N-ethyl adjacent to an activating group) is 1. The van der Waals surface area contributed by atoms with Crippen LogP contribution in [0.25, 0.3) is 0 Å². The van der Waals surface area contributed by atoms with Crippen molar-refractivity contribution in [3.8, 4) is 0 Å². The molecule has 23 heavy (non-hydrogen) atoms. The lowest BCUT2D eigenvalue weighted by Crippen LogP contribution is -2.36. The summed E-state index contributed by atoms with van der Waals surface area (Å²) in [7, 11) is 3.53. The van der Waals surface area contributed by atoms with Crippen molar-refractivity contribution in [2.24, 2.45) is 0 Å². The number of nitrogens with one attached hydrogen (secondary N) is 2. The fraction of sp³-hybridized carbons (Fsp3) is 0.500. The summed E-state index contributed by atoms with van der Waals surface area (Å²) in [6, 6.07) is 4.16. The molecular weight excluding hydrogens is 312 g/mol. The Labute approximate surface area is 139 Å². The van der Waals surface area contributed by atoms with E-state index in [1.165, 1.54) is 4.88 Å². The standard InChI is InChI=1S/C16H22N4O2S/c1-20(2)16(21)12-6-5-11(22-12)10-19-14(13-4-3-9-23-13)15-17-7-8-18-15/h3-4,7-9,11-12,14,19H,5-6,10H2,1-2H3,(H,17,18). The zero-order valence-electron chi connectivity index (χ0n) is 13.4. The topological polar surface area (TPSA) is 70.2 Å². The highest BCUT2D eigenvalue weighted by Crippen LogP contribution is 2.25. The maximum atomic E-state index is 12.0. The first-order valence-electron chi connectivity index (χ1n) is 7.78. The molecule has 3 unspecified atom stereocenters. The maximum Gasteiger partial charge on any atom is 0.251 e. The van der Waals surface area contributed by atoms with E-state index in [1.54, 1.807) is 36.5 Å². The molecule has 1 aliphatic rings. The van der Waals surface area contributed by atoms with Gasteiger partial charge in [-0.15, -0.1) is 11.3 Å². The highest BCUT2D eigenvalue weighted by molar-refractivity contribution is 7.10. The van der Waals surface area contributed by atoms with E-state index in [9.17, 15) is 4.79 Å². The van der Waals surface area contributed by atoms with Crippen molar-refractivity contribution in [1.82, 2.24) is 20.2 Å². The number of carbonyl (C=O) groups excluding carboxylic acids is 1. The van der Waals surface area contributed by atoms with E-state index in [-0.39, 0.29) is 24.2 Å². The van der Waals surface area contributed by atoms with Crippen LogP contribution in [0.15, 0.2) is 29.9 Å². The van der Waals surface area contributed by atoms with Gasteiger partial charge in [0.25, 0.3) is 5.91 Å². The van der Waals surface area contributed by atoms with Gasteiger partial charge >= 0.3 is 0 Å². The molecule has 1 aliphatic heterocycles. The number of amides is 1. The number of nitrogens with zero attached hydrogens (tertiary/aromatic N) is 2. The Morgan fingerprint density at radius 2 is 2.43 bits per heavy atom. The molecule has 3 rings (SSSR count). The second-order valence-corrected chi connectivity index (χ2v) is 6.87. The summed E-state index contributed by atoms with van der Waals surface area (Å²) < 4.78 is 5.89. The van der Waals surface area contributed by atoms with E-state index >= 15 is 0 Å². The average molecular weight is 334 g/mol. The van der Waals surface area contributed by atoms with Gasteiger partial charge < -0.3 is 19.9 Å². The molecule has 2 aromatic rings. The number of hydrogen-bond acceptors (Lipinski definition) is 5. The number of aromatic amines is 1. The summed E-state index contributed by atoms with van der Waals surface area (Å²) >= 11 is 1.70. The molecule has 6 nitrogen and oxygen atoms in total. The quantitative estimate of drug-likeness (QED) is 0.845. The van der Waals surface area contributed by atoms with E-state index in [0.717, 1.165) is 18.7 Å². The van der Waals surface area contributed by atoms with Gasteiger partial charge in [0.1, 0.15) is 18.0 Å². The number of rotatable bonds is 6. The number of imidazole rings is 1. The Bertz CT molecular complexity index is 578. The van der Waals surface area contributed by atoms with Gasteiger partial charge in [0.2, 0.25) is 0 Å². The average Bonchev–Trinajstić information content (AvgIpc) is 3.29. The fourth-order valence-electron chi connectivity index (χ4n) is 2.80. The highest BCUT2D eigenvalue weighted by atomic mass is 32.1. The van der Waals surface area contributed by atoms with Gasteiger partial charge in [-0.05, 0) is 24.3 Å². The monoisotopic (exact) mass is 334 g/mol. The predicted molar refractivity (Wildman–Crippen MR) is 89.3 cm³/mol. The van der Waals surface area contributed by atoms with Crippen LogP contribution in [0, 0.1) is 0 Å². The number of ether oxygens (including phenoxy) is 1.